The number of hydrogen-bond acceptors (Lipinski definition) is 3. The van der Waals surface area contributed by atoms with E-state index in [0.29, 0.717) is 43.9 Å². The third kappa shape index (κ3) is 6.63. The van der Waals surface area contributed by atoms with Crippen LogP contribution in [0.15, 0.2) is 42.5 Å². The number of hydrogen-bond donors (Lipinski definition) is 0. The minimum atomic E-state index is -0.881. The molecule has 1 saturated heterocycles. The maximum atomic E-state index is 13.8. The number of rotatable bonds is 9. The van der Waals surface area contributed by atoms with E-state index in [1.165, 1.54) is 0 Å². The van der Waals surface area contributed by atoms with Crippen molar-refractivity contribution in [3.05, 3.63) is 69.7 Å². The van der Waals surface area contributed by atoms with E-state index in [0.717, 1.165) is 22.3 Å². The fourth-order valence-corrected chi connectivity index (χ4v) is 4.80. The smallest absolute Gasteiger partial charge is 0.248 e. The molecule has 1 heterocycles. The molecule has 3 amide bonds. The minimum Gasteiger partial charge on any atom is -0.349 e. The van der Waals surface area contributed by atoms with Crippen LogP contribution in [0.5, 0.6) is 0 Å². The molecule has 0 N–H and O–H groups in total. The second-order valence-corrected chi connectivity index (χ2v) is 10.4. The Hall–Kier alpha value is -2.86. The fraction of sp³-hybridized carbons (Fsp3) is 0.464. The molecule has 3 rings (SSSR count). The first-order valence-corrected chi connectivity index (χ1v) is 12.5. The SMILES string of the molecule is Cc1cc(C)cc(CC(=O)N2CCC2(C)C(=O)N(CCCC(=O)N(C)C)Cc2ccc(Cl)cc2)c1. The molecular formula is C28H36ClN3O3. The van der Waals surface area contributed by atoms with Gasteiger partial charge in [-0.05, 0) is 56.9 Å². The Morgan fingerprint density at radius 3 is 2.17 bits per heavy atom. The van der Waals surface area contributed by atoms with Gasteiger partial charge >= 0.3 is 0 Å². The molecule has 0 spiro atoms. The first-order valence-electron chi connectivity index (χ1n) is 12.1. The molecule has 2 aromatic rings. The second kappa shape index (κ2) is 11.3. The molecule has 1 aliphatic rings. The van der Waals surface area contributed by atoms with E-state index in [1.807, 2.05) is 45.0 Å². The summed E-state index contributed by atoms with van der Waals surface area (Å²) in [6, 6.07) is 13.6. The van der Waals surface area contributed by atoms with Crippen LogP contribution in [0.2, 0.25) is 5.02 Å². The summed E-state index contributed by atoms with van der Waals surface area (Å²) in [4.78, 5) is 44.2. The van der Waals surface area contributed by atoms with Gasteiger partial charge in [0.1, 0.15) is 5.54 Å². The average Bonchev–Trinajstić information content (AvgIpc) is 2.77. The number of carbonyl (C=O) groups is 3. The first kappa shape index (κ1) is 26.7. The standard InChI is InChI=1S/C28H36ClN3O3/c1-20-15-21(2)17-23(16-20)18-26(34)32-14-12-28(32,3)27(35)31(13-6-7-25(33)30(4)5)19-22-8-10-24(29)11-9-22/h8-11,15-17H,6-7,12-14,18-19H2,1-5H3. The van der Waals surface area contributed by atoms with Crippen LogP contribution in [0, 0.1) is 13.8 Å². The van der Waals surface area contributed by atoms with Crippen LogP contribution >= 0.6 is 11.6 Å². The van der Waals surface area contributed by atoms with Crippen molar-refractivity contribution in [2.45, 2.75) is 58.5 Å². The summed E-state index contributed by atoms with van der Waals surface area (Å²) >= 11 is 6.04. The number of benzene rings is 2. The molecule has 1 atom stereocenters. The van der Waals surface area contributed by atoms with Gasteiger partial charge in [-0.3, -0.25) is 14.4 Å². The van der Waals surface area contributed by atoms with E-state index in [-0.39, 0.29) is 24.1 Å². The molecule has 0 bridgehead atoms. The molecule has 35 heavy (non-hydrogen) atoms. The van der Waals surface area contributed by atoms with Gasteiger partial charge in [0.25, 0.3) is 0 Å². The van der Waals surface area contributed by atoms with Crippen LogP contribution in [0.25, 0.3) is 0 Å². The van der Waals surface area contributed by atoms with Crippen LogP contribution < -0.4 is 0 Å². The molecule has 0 radical (unpaired) electrons. The molecule has 188 valence electrons. The lowest BCUT2D eigenvalue weighted by molar-refractivity contribution is -0.164. The van der Waals surface area contributed by atoms with Gasteiger partial charge < -0.3 is 14.7 Å². The number of amides is 3. The molecule has 1 aliphatic heterocycles. The summed E-state index contributed by atoms with van der Waals surface area (Å²) in [6.07, 6.45) is 1.82. The van der Waals surface area contributed by atoms with Gasteiger partial charge in [0.2, 0.25) is 17.7 Å². The zero-order chi connectivity index (χ0) is 25.8. The normalized spacial score (nSPS) is 17.0. The molecule has 0 aromatic heterocycles. The second-order valence-electron chi connectivity index (χ2n) is 9.99. The Kier molecular flexibility index (Phi) is 8.60. The van der Waals surface area contributed by atoms with Gasteiger partial charge in [-0.1, -0.05) is 53.1 Å². The van der Waals surface area contributed by atoms with Gasteiger partial charge in [0.05, 0.1) is 6.42 Å². The zero-order valence-electron chi connectivity index (χ0n) is 21.4. The number of aryl methyl sites for hydroxylation is 2. The third-order valence-electron chi connectivity index (χ3n) is 6.71. The van der Waals surface area contributed by atoms with Crippen molar-refractivity contribution >= 4 is 29.3 Å². The van der Waals surface area contributed by atoms with E-state index in [4.69, 9.17) is 11.6 Å². The molecule has 1 fully saturated rings. The highest BCUT2D eigenvalue weighted by atomic mass is 35.5. The van der Waals surface area contributed by atoms with Gasteiger partial charge in [-0.2, -0.15) is 0 Å². The Balaban J connectivity index is 1.75. The van der Waals surface area contributed by atoms with Gasteiger partial charge in [0.15, 0.2) is 0 Å². The van der Waals surface area contributed by atoms with E-state index in [2.05, 4.69) is 6.07 Å². The van der Waals surface area contributed by atoms with E-state index < -0.39 is 5.54 Å². The van der Waals surface area contributed by atoms with Crippen LogP contribution in [0.1, 0.15) is 48.4 Å². The predicted octanol–water partition coefficient (Wildman–Crippen LogP) is 4.39. The van der Waals surface area contributed by atoms with Crippen LogP contribution in [0.4, 0.5) is 0 Å². The first-order chi connectivity index (χ1) is 16.5. The highest BCUT2D eigenvalue weighted by Crippen LogP contribution is 2.34. The Morgan fingerprint density at radius 1 is 1.00 bits per heavy atom. The Labute approximate surface area is 213 Å². The van der Waals surface area contributed by atoms with Crippen molar-refractivity contribution < 1.29 is 14.4 Å². The predicted molar refractivity (Wildman–Crippen MR) is 139 cm³/mol. The third-order valence-corrected chi connectivity index (χ3v) is 6.96. The largest absolute Gasteiger partial charge is 0.349 e. The van der Waals surface area contributed by atoms with Crippen LogP contribution in [-0.4, -0.2) is 65.1 Å². The molecule has 0 aliphatic carbocycles. The quantitative estimate of drug-likeness (QED) is 0.516. The molecule has 1 unspecified atom stereocenters. The van der Waals surface area contributed by atoms with E-state index >= 15 is 0 Å². The van der Waals surface area contributed by atoms with Crippen molar-refractivity contribution in [2.24, 2.45) is 0 Å². The van der Waals surface area contributed by atoms with Crippen molar-refractivity contribution in [3.63, 3.8) is 0 Å². The summed E-state index contributed by atoms with van der Waals surface area (Å²) < 4.78 is 0. The van der Waals surface area contributed by atoms with Crippen LogP contribution in [-0.2, 0) is 27.3 Å². The molecule has 7 heteroatoms. The summed E-state index contributed by atoms with van der Waals surface area (Å²) in [5, 5.41) is 0.636. The Bertz CT molecular complexity index is 1060. The number of nitrogens with zero attached hydrogens (tertiary/aromatic N) is 3. The van der Waals surface area contributed by atoms with E-state index in [9.17, 15) is 14.4 Å². The lowest BCUT2D eigenvalue weighted by Crippen LogP contribution is -2.68. The summed E-state index contributed by atoms with van der Waals surface area (Å²) in [7, 11) is 3.46. The van der Waals surface area contributed by atoms with Gasteiger partial charge in [0, 0.05) is 45.2 Å². The van der Waals surface area contributed by atoms with Crippen molar-refractivity contribution in [3.8, 4) is 0 Å². The average molecular weight is 498 g/mol. The minimum absolute atomic E-state index is 0.0315. The maximum absolute atomic E-state index is 13.8. The van der Waals surface area contributed by atoms with E-state index in [1.54, 1.807) is 40.9 Å². The zero-order valence-corrected chi connectivity index (χ0v) is 22.2. The van der Waals surface area contributed by atoms with Crippen molar-refractivity contribution in [1.82, 2.24) is 14.7 Å². The Morgan fingerprint density at radius 2 is 1.63 bits per heavy atom. The summed E-state index contributed by atoms with van der Waals surface area (Å²) in [5.41, 5.74) is 3.29. The molecule has 0 saturated carbocycles. The summed E-state index contributed by atoms with van der Waals surface area (Å²) in [6.45, 7) is 7.32. The lowest BCUT2D eigenvalue weighted by atomic mass is 9.84. The topological polar surface area (TPSA) is 60.9 Å². The lowest BCUT2D eigenvalue weighted by Gasteiger charge is -2.51. The fourth-order valence-electron chi connectivity index (χ4n) is 4.67. The van der Waals surface area contributed by atoms with Crippen molar-refractivity contribution in [2.75, 3.05) is 27.2 Å². The van der Waals surface area contributed by atoms with Gasteiger partial charge in [-0.15, -0.1) is 0 Å². The summed E-state index contributed by atoms with van der Waals surface area (Å²) in [5.74, 6) is -0.0832. The monoisotopic (exact) mass is 497 g/mol. The maximum Gasteiger partial charge on any atom is 0.248 e. The number of carbonyl (C=O) groups excluding carboxylic acids is 3. The highest BCUT2D eigenvalue weighted by molar-refractivity contribution is 6.30. The van der Waals surface area contributed by atoms with Crippen molar-refractivity contribution in [1.29, 1.82) is 0 Å². The molecule has 2 aromatic carbocycles. The number of halogens is 1. The van der Waals surface area contributed by atoms with Gasteiger partial charge in [-0.25, -0.2) is 0 Å². The highest BCUT2D eigenvalue weighted by Gasteiger charge is 2.50. The molecule has 6 nitrogen and oxygen atoms in total. The number of likely N-dealkylation sites (tertiary alicyclic amines) is 1. The molecular weight excluding hydrogens is 462 g/mol. The van der Waals surface area contributed by atoms with Crippen LogP contribution in [0.3, 0.4) is 0 Å².